The van der Waals surface area contributed by atoms with Gasteiger partial charge in [-0.2, -0.15) is 0 Å². The molecule has 0 amide bonds. The van der Waals surface area contributed by atoms with Crippen LogP contribution in [0.1, 0.15) is 15.9 Å². The number of rotatable bonds is 7. The minimum atomic E-state index is -3.82. The van der Waals surface area contributed by atoms with Gasteiger partial charge in [-0.3, -0.25) is 9.52 Å². The predicted octanol–water partition coefficient (Wildman–Crippen LogP) is 5.98. The maximum atomic E-state index is 12.5. The van der Waals surface area contributed by atoms with E-state index in [1.165, 1.54) is 54.6 Å². The number of halogens is 1. The Hall–Kier alpha value is -3.58. The third-order valence-electron chi connectivity index (χ3n) is 4.03. The molecule has 3 aromatic carbocycles. The SMILES string of the molecule is [N-]=[N+]=Nc1ccc(S(=O)(=O)Nc2ccc(C(=O)C=Cc3ccc(Cl)cc3)cc2)cc1. The van der Waals surface area contributed by atoms with E-state index in [0.29, 0.717) is 22.0 Å². The lowest BCUT2D eigenvalue weighted by Gasteiger charge is -2.08. The van der Waals surface area contributed by atoms with Crippen LogP contribution in [0, 0.1) is 0 Å². The van der Waals surface area contributed by atoms with Crippen molar-refractivity contribution in [1.82, 2.24) is 0 Å². The summed E-state index contributed by atoms with van der Waals surface area (Å²) in [5, 5.41) is 4.01. The molecule has 3 aromatic rings. The molecule has 0 bridgehead atoms. The summed E-state index contributed by atoms with van der Waals surface area (Å²) < 4.78 is 27.4. The molecule has 0 radical (unpaired) electrons. The van der Waals surface area contributed by atoms with E-state index in [9.17, 15) is 13.2 Å². The molecule has 3 rings (SSSR count). The fourth-order valence-corrected chi connectivity index (χ4v) is 3.69. The molecule has 150 valence electrons. The molecule has 0 aliphatic carbocycles. The van der Waals surface area contributed by atoms with Crippen LogP contribution >= 0.6 is 11.6 Å². The quantitative estimate of drug-likeness (QED) is 0.161. The zero-order chi connectivity index (χ0) is 21.6. The second-order valence-electron chi connectivity index (χ2n) is 6.12. The van der Waals surface area contributed by atoms with Gasteiger partial charge < -0.3 is 0 Å². The Balaban J connectivity index is 1.69. The summed E-state index contributed by atoms with van der Waals surface area (Å²) in [6.45, 7) is 0. The normalized spacial score (nSPS) is 11.1. The van der Waals surface area contributed by atoms with Crippen molar-refractivity contribution in [3.63, 3.8) is 0 Å². The smallest absolute Gasteiger partial charge is 0.261 e. The molecule has 0 aliphatic rings. The Bertz CT molecular complexity index is 1230. The maximum absolute atomic E-state index is 12.5. The van der Waals surface area contributed by atoms with Crippen molar-refractivity contribution in [2.45, 2.75) is 4.90 Å². The number of carbonyl (C=O) groups excluding carboxylic acids is 1. The zero-order valence-corrected chi connectivity index (χ0v) is 17.0. The molecule has 1 N–H and O–H groups in total. The Labute approximate surface area is 178 Å². The van der Waals surface area contributed by atoms with Gasteiger partial charge in [0.1, 0.15) is 0 Å². The second-order valence-corrected chi connectivity index (χ2v) is 8.23. The average molecular weight is 439 g/mol. The lowest BCUT2D eigenvalue weighted by molar-refractivity contribution is 0.104. The molecule has 0 spiro atoms. The maximum Gasteiger partial charge on any atom is 0.261 e. The van der Waals surface area contributed by atoms with Crippen LogP contribution in [-0.2, 0) is 10.0 Å². The summed E-state index contributed by atoms with van der Waals surface area (Å²) in [7, 11) is -3.82. The number of benzene rings is 3. The van der Waals surface area contributed by atoms with Crippen molar-refractivity contribution < 1.29 is 13.2 Å². The first kappa shape index (κ1) is 21.1. The van der Waals surface area contributed by atoms with Gasteiger partial charge in [-0.1, -0.05) is 47.1 Å². The summed E-state index contributed by atoms with van der Waals surface area (Å²) in [6.07, 6.45) is 3.11. The van der Waals surface area contributed by atoms with Gasteiger partial charge in [0.15, 0.2) is 5.78 Å². The van der Waals surface area contributed by atoms with Crippen LogP contribution < -0.4 is 4.72 Å². The number of ketones is 1. The summed E-state index contributed by atoms with van der Waals surface area (Å²) in [4.78, 5) is 15.0. The minimum Gasteiger partial charge on any atom is -0.289 e. The first-order chi connectivity index (χ1) is 14.4. The van der Waals surface area contributed by atoms with Gasteiger partial charge in [0, 0.05) is 26.9 Å². The van der Waals surface area contributed by atoms with Gasteiger partial charge >= 0.3 is 0 Å². The number of hydrogen-bond acceptors (Lipinski definition) is 4. The largest absolute Gasteiger partial charge is 0.289 e. The fourth-order valence-electron chi connectivity index (χ4n) is 2.50. The number of azide groups is 1. The Morgan fingerprint density at radius 1 is 0.967 bits per heavy atom. The summed E-state index contributed by atoms with van der Waals surface area (Å²) >= 11 is 5.83. The van der Waals surface area contributed by atoms with Crippen LogP contribution in [0.4, 0.5) is 11.4 Å². The van der Waals surface area contributed by atoms with Gasteiger partial charge in [0.25, 0.3) is 10.0 Å². The van der Waals surface area contributed by atoms with E-state index in [2.05, 4.69) is 14.7 Å². The van der Waals surface area contributed by atoms with Crippen molar-refractivity contribution in [3.05, 3.63) is 105 Å². The first-order valence-electron chi connectivity index (χ1n) is 8.63. The topological polar surface area (TPSA) is 112 Å². The van der Waals surface area contributed by atoms with E-state index in [1.807, 2.05) is 0 Å². The van der Waals surface area contributed by atoms with Gasteiger partial charge in [0.2, 0.25) is 0 Å². The lowest BCUT2D eigenvalue weighted by Crippen LogP contribution is -2.12. The third kappa shape index (κ3) is 5.48. The molecule has 0 unspecified atom stereocenters. The molecule has 0 saturated heterocycles. The zero-order valence-electron chi connectivity index (χ0n) is 15.4. The predicted molar refractivity (Wildman–Crippen MR) is 117 cm³/mol. The van der Waals surface area contributed by atoms with Crippen molar-refractivity contribution in [3.8, 4) is 0 Å². The minimum absolute atomic E-state index is 0.0189. The lowest BCUT2D eigenvalue weighted by atomic mass is 10.1. The standard InChI is InChI=1S/C21H15ClN4O3S/c22-17-6-1-15(2-7-17)3-14-21(27)16-4-8-19(9-5-16)25-30(28,29)20-12-10-18(11-13-20)24-26-23/h1-14,25H. The molecule has 0 fully saturated rings. The fraction of sp³-hybridized carbons (Fsp3) is 0. The molecule has 9 heteroatoms. The highest BCUT2D eigenvalue weighted by molar-refractivity contribution is 7.92. The molecular weight excluding hydrogens is 424 g/mol. The van der Waals surface area contributed by atoms with Crippen molar-refractivity contribution in [1.29, 1.82) is 0 Å². The Morgan fingerprint density at radius 2 is 1.60 bits per heavy atom. The molecule has 0 aromatic heterocycles. The summed E-state index contributed by atoms with van der Waals surface area (Å²) in [5.41, 5.74) is 10.3. The summed E-state index contributed by atoms with van der Waals surface area (Å²) in [6, 6.07) is 18.6. The number of nitrogens with zero attached hydrogens (tertiary/aromatic N) is 3. The van der Waals surface area contributed by atoms with Gasteiger partial charge in [-0.05, 0) is 65.7 Å². The van der Waals surface area contributed by atoms with Crippen molar-refractivity contribution in [2.75, 3.05) is 4.72 Å². The number of allylic oxidation sites excluding steroid dienone is 1. The molecule has 0 atom stereocenters. The molecular formula is C21H15ClN4O3S. The van der Waals surface area contributed by atoms with Crippen LogP contribution in [0.2, 0.25) is 5.02 Å². The van der Waals surface area contributed by atoms with E-state index in [-0.39, 0.29) is 10.7 Å². The van der Waals surface area contributed by atoms with Crippen LogP contribution in [0.15, 0.2) is 88.9 Å². The van der Waals surface area contributed by atoms with Gasteiger partial charge in [-0.15, -0.1) is 0 Å². The summed E-state index contributed by atoms with van der Waals surface area (Å²) in [5.74, 6) is -0.215. The van der Waals surface area contributed by atoms with E-state index in [4.69, 9.17) is 17.1 Å². The molecule has 0 saturated carbocycles. The van der Waals surface area contributed by atoms with Gasteiger partial charge in [0.05, 0.1) is 4.90 Å². The number of hydrogen-bond donors (Lipinski definition) is 1. The highest BCUT2D eigenvalue weighted by Crippen LogP contribution is 2.20. The highest BCUT2D eigenvalue weighted by Gasteiger charge is 2.14. The Kier molecular flexibility index (Phi) is 6.54. The second kappa shape index (κ2) is 9.28. The molecule has 0 heterocycles. The van der Waals surface area contributed by atoms with E-state index in [1.54, 1.807) is 30.3 Å². The molecule has 30 heavy (non-hydrogen) atoms. The van der Waals surface area contributed by atoms with Crippen LogP contribution in [0.5, 0.6) is 0 Å². The first-order valence-corrected chi connectivity index (χ1v) is 10.5. The highest BCUT2D eigenvalue weighted by atomic mass is 35.5. The number of nitrogens with one attached hydrogen (secondary N) is 1. The number of anilines is 1. The monoisotopic (exact) mass is 438 g/mol. The van der Waals surface area contributed by atoms with Crippen molar-refractivity contribution >= 4 is 44.9 Å². The van der Waals surface area contributed by atoms with Crippen LogP contribution in [0.25, 0.3) is 16.5 Å². The van der Waals surface area contributed by atoms with E-state index in [0.717, 1.165) is 5.56 Å². The van der Waals surface area contributed by atoms with Crippen LogP contribution in [0.3, 0.4) is 0 Å². The van der Waals surface area contributed by atoms with Crippen molar-refractivity contribution in [2.24, 2.45) is 5.11 Å². The molecule has 0 aliphatic heterocycles. The van der Waals surface area contributed by atoms with Crippen LogP contribution in [-0.4, -0.2) is 14.2 Å². The number of sulfonamides is 1. The Morgan fingerprint density at radius 3 is 2.20 bits per heavy atom. The average Bonchev–Trinajstić information content (AvgIpc) is 2.74. The third-order valence-corrected chi connectivity index (χ3v) is 5.68. The number of carbonyl (C=O) groups is 1. The van der Waals surface area contributed by atoms with Gasteiger partial charge in [-0.25, -0.2) is 8.42 Å². The van der Waals surface area contributed by atoms with E-state index < -0.39 is 10.0 Å². The van der Waals surface area contributed by atoms with E-state index >= 15 is 0 Å². The molecule has 7 nitrogen and oxygen atoms in total.